The van der Waals surface area contributed by atoms with Crippen molar-refractivity contribution in [2.45, 2.75) is 6.54 Å². The summed E-state index contributed by atoms with van der Waals surface area (Å²) in [7, 11) is 0. The van der Waals surface area contributed by atoms with Crippen molar-refractivity contribution in [2.75, 3.05) is 0 Å². The van der Waals surface area contributed by atoms with Crippen LogP contribution in [0.1, 0.15) is 11.5 Å². The first-order valence-corrected chi connectivity index (χ1v) is 7.36. The highest BCUT2D eigenvalue weighted by Gasteiger charge is 2.05. The molecule has 5 heteroatoms. The van der Waals surface area contributed by atoms with E-state index in [4.69, 9.17) is 8.83 Å². The Kier molecular flexibility index (Phi) is 4.02. The second-order valence-electron chi connectivity index (χ2n) is 4.34. The van der Waals surface area contributed by atoms with Gasteiger partial charge < -0.3 is 14.2 Å². The first kappa shape index (κ1) is 13.5. The number of hydrogen-bond donors (Lipinski definition) is 1. The van der Waals surface area contributed by atoms with Gasteiger partial charge in [0.2, 0.25) is 5.91 Å². The lowest BCUT2D eigenvalue weighted by Gasteiger charge is -1.98. The third-order valence-corrected chi connectivity index (χ3v) is 3.53. The molecule has 0 aromatic carbocycles. The number of furan rings is 2. The topological polar surface area (TPSA) is 55.4 Å². The van der Waals surface area contributed by atoms with Crippen LogP contribution in [0.5, 0.6) is 0 Å². The van der Waals surface area contributed by atoms with Crippen LogP contribution in [0.25, 0.3) is 17.4 Å². The summed E-state index contributed by atoms with van der Waals surface area (Å²) in [6, 6.07) is 9.32. The SMILES string of the molecule is O=C(/C=C/c1ccco1)NCc1ccc(-c2ccsc2)o1. The van der Waals surface area contributed by atoms with Gasteiger partial charge >= 0.3 is 0 Å². The van der Waals surface area contributed by atoms with Gasteiger partial charge in [-0.2, -0.15) is 11.3 Å². The summed E-state index contributed by atoms with van der Waals surface area (Å²) in [6.07, 6.45) is 4.61. The van der Waals surface area contributed by atoms with Crippen molar-refractivity contribution in [3.63, 3.8) is 0 Å². The van der Waals surface area contributed by atoms with Crippen LogP contribution in [0.4, 0.5) is 0 Å². The maximum Gasteiger partial charge on any atom is 0.244 e. The molecule has 0 aliphatic rings. The van der Waals surface area contributed by atoms with E-state index < -0.39 is 0 Å². The van der Waals surface area contributed by atoms with E-state index in [1.54, 1.807) is 35.8 Å². The molecule has 0 spiro atoms. The van der Waals surface area contributed by atoms with Crippen LogP contribution in [-0.4, -0.2) is 5.91 Å². The molecule has 0 bridgehead atoms. The van der Waals surface area contributed by atoms with Crippen LogP contribution in [0.15, 0.2) is 62.3 Å². The Balaban J connectivity index is 1.54. The van der Waals surface area contributed by atoms with Crippen molar-refractivity contribution in [1.29, 1.82) is 0 Å². The minimum Gasteiger partial charge on any atom is -0.465 e. The third kappa shape index (κ3) is 3.52. The van der Waals surface area contributed by atoms with E-state index in [9.17, 15) is 4.79 Å². The number of rotatable bonds is 5. The standard InChI is InChI=1S/C16H13NO3S/c18-16(6-4-13-2-1-8-19-13)17-10-14-3-5-15(20-14)12-7-9-21-11-12/h1-9,11H,10H2,(H,17,18)/b6-4+. The van der Waals surface area contributed by atoms with Gasteiger partial charge in [-0.25, -0.2) is 0 Å². The fraction of sp³-hybridized carbons (Fsp3) is 0.0625. The summed E-state index contributed by atoms with van der Waals surface area (Å²) in [4.78, 5) is 11.7. The fourth-order valence-electron chi connectivity index (χ4n) is 1.81. The number of carbonyl (C=O) groups is 1. The monoisotopic (exact) mass is 299 g/mol. The molecule has 3 heterocycles. The van der Waals surface area contributed by atoms with Gasteiger partial charge in [-0.1, -0.05) is 0 Å². The van der Waals surface area contributed by atoms with E-state index in [0.29, 0.717) is 12.3 Å². The quantitative estimate of drug-likeness (QED) is 0.726. The maximum absolute atomic E-state index is 11.7. The highest BCUT2D eigenvalue weighted by molar-refractivity contribution is 7.08. The van der Waals surface area contributed by atoms with E-state index >= 15 is 0 Å². The van der Waals surface area contributed by atoms with Gasteiger partial charge in [0, 0.05) is 17.0 Å². The van der Waals surface area contributed by atoms with Crippen molar-refractivity contribution in [1.82, 2.24) is 5.32 Å². The van der Waals surface area contributed by atoms with Crippen molar-refractivity contribution in [3.8, 4) is 11.3 Å². The lowest BCUT2D eigenvalue weighted by atomic mass is 10.3. The molecule has 0 radical (unpaired) electrons. The minimum absolute atomic E-state index is 0.195. The van der Waals surface area contributed by atoms with Crippen LogP contribution in [0, 0.1) is 0 Å². The summed E-state index contributed by atoms with van der Waals surface area (Å²) in [5.41, 5.74) is 1.05. The number of thiophene rings is 1. The first-order chi connectivity index (χ1) is 10.3. The molecule has 3 rings (SSSR count). The van der Waals surface area contributed by atoms with E-state index in [0.717, 1.165) is 17.1 Å². The van der Waals surface area contributed by atoms with Gasteiger partial charge in [0.15, 0.2) is 0 Å². The summed E-state index contributed by atoms with van der Waals surface area (Å²) in [5.74, 6) is 1.98. The molecule has 0 atom stereocenters. The van der Waals surface area contributed by atoms with Gasteiger partial charge in [-0.15, -0.1) is 0 Å². The smallest absolute Gasteiger partial charge is 0.244 e. The van der Waals surface area contributed by atoms with Crippen LogP contribution >= 0.6 is 11.3 Å². The first-order valence-electron chi connectivity index (χ1n) is 6.42. The van der Waals surface area contributed by atoms with Crippen molar-refractivity contribution >= 4 is 23.3 Å². The molecule has 0 saturated heterocycles. The zero-order valence-corrected chi connectivity index (χ0v) is 11.9. The molecule has 3 aromatic heterocycles. The normalized spacial score (nSPS) is 11.0. The number of hydrogen-bond acceptors (Lipinski definition) is 4. The van der Waals surface area contributed by atoms with E-state index in [-0.39, 0.29) is 5.91 Å². The summed E-state index contributed by atoms with van der Waals surface area (Å²) in [6.45, 7) is 0.353. The second-order valence-corrected chi connectivity index (χ2v) is 5.12. The minimum atomic E-state index is -0.195. The van der Waals surface area contributed by atoms with Crippen molar-refractivity contribution in [3.05, 3.63) is 65.0 Å². The number of carbonyl (C=O) groups excluding carboxylic acids is 1. The second kappa shape index (κ2) is 6.28. The van der Waals surface area contributed by atoms with Crippen LogP contribution in [-0.2, 0) is 11.3 Å². The average molecular weight is 299 g/mol. The summed E-state index contributed by atoms with van der Waals surface area (Å²) < 4.78 is 10.8. The van der Waals surface area contributed by atoms with Crippen LogP contribution in [0.3, 0.4) is 0 Å². The molecular weight excluding hydrogens is 286 g/mol. The molecule has 0 fully saturated rings. The highest BCUT2D eigenvalue weighted by atomic mass is 32.1. The Morgan fingerprint density at radius 3 is 3.00 bits per heavy atom. The Hall–Kier alpha value is -2.53. The van der Waals surface area contributed by atoms with Gasteiger partial charge in [0.1, 0.15) is 17.3 Å². The zero-order valence-electron chi connectivity index (χ0n) is 11.1. The number of amides is 1. The van der Waals surface area contributed by atoms with Gasteiger partial charge in [-0.3, -0.25) is 4.79 Å². The summed E-state index contributed by atoms with van der Waals surface area (Å²) in [5, 5.41) is 6.78. The largest absolute Gasteiger partial charge is 0.465 e. The molecule has 3 aromatic rings. The Morgan fingerprint density at radius 2 is 2.24 bits per heavy atom. The molecule has 0 aliphatic heterocycles. The molecular formula is C16H13NO3S. The molecule has 1 amide bonds. The molecule has 106 valence electrons. The van der Waals surface area contributed by atoms with E-state index in [1.807, 2.05) is 29.0 Å². The van der Waals surface area contributed by atoms with Crippen LogP contribution < -0.4 is 5.32 Å². The average Bonchev–Trinajstić information content (AvgIpc) is 3.24. The molecule has 0 unspecified atom stereocenters. The highest BCUT2D eigenvalue weighted by Crippen LogP contribution is 2.24. The fourth-order valence-corrected chi connectivity index (χ4v) is 2.45. The Morgan fingerprint density at radius 1 is 1.29 bits per heavy atom. The Labute approximate surface area is 125 Å². The predicted octanol–water partition coefficient (Wildman–Crippen LogP) is 3.93. The lowest BCUT2D eigenvalue weighted by Crippen LogP contribution is -2.19. The maximum atomic E-state index is 11.7. The number of nitrogens with one attached hydrogen (secondary N) is 1. The molecule has 0 aliphatic carbocycles. The Bertz CT molecular complexity index is 724. The summed E-state index contributed by atoms with van der Waals surface area (Å²) >= 11 is 1.62. The lowest BCUT2D eigenvalue weighted by molar-refractivity contribution is -0.116. The zero-order chi connectivity index (χ0) is 14.5. The van der Waals surface area contributed by atoms with E-state index in [1.165, 1.54) is 6.08 Å². The molecule has 0 saturated carbocycles. The van der Waals surface area contributed by atoms with Crippen molar-refractivity contribution in [2.24, 2.45) is 0 Å². The molecule has 1 N–H and O–H groups in total. The predicted molar refractivity (Wildman–Crippen MR) is 81.6 cm³/mol. The van der Waals surface area contributed by atoms with Crippen LogP contribution in [0.2, 0.25) is 0 Å². The molecule has 4 nitrogen and oxygen atoms in total. The van der Waals surface area contributed by atoms with Crippen molar-refractivity contribution < 1.29 is 13.6 Å². The molecule has 21 heavy (non-hydrogen) atoms. The van der Waals surface area contributed by atoms with Gasteiger partial charge in [0.05, 0.1) is 12.8 Å². The van der Waals surface area contributed by atoms with Gasteiger partial charge in [0.25, 0.3) is 0 Å². The van der Waals surface area contributed by atoms with E-state index in [2.05, 4.69) is 5.32 Å². The third-order valence-electron chi connectivity index (χ3n) is 2.85. The van der Waals surface area contributed by atoms with Gasteiger partial charge in [-0.05, 0) is 41.8 Å².